The van der Waals surface area contributed by atoms with E-state index >= 15 is 0 Å². The van der Waals surface area contributed by atoms with Gasteiger partial charge in [0.15, 0.2) is 0 Å². The highest BCUT2D eigenvalue weighted by Crippen LogP contribution is 2.11. The molecule has 4 N–H and O–H groups in total. The van der Waals surface area contributed by atoms with Gasteiger partial charge in [-0.05, 0) is 20.3 Å². The summed E-state index contributed by atoms with van der Waals surface area (Å²) in [5.74, 6) is -1.78. The quantitative estimate of drug-likeness (QED) is 0.479. The Bertz CT molecular complexity index is 322. The molecule has 0 bridgehead atoms. The molecule has 0 aromatic carbocycles. The van der Waals surface area contributed by atoms with E-state index in [0.717, 1.165) is 0 Å². The van der Waals surface area contributed by atoms with Gasteiger partial charge in [-0.25, -0.2) is 4.79 Å². The SMILES string of the molecule is CCC(CO)(CO)NC(=O)/C(C)=C(/C)C(=O)O. The van der Waals surface area contributed by atoms with E-state index in [9.17, 15) is 9.59 Å². The Kier molecular flexibility index (Phi) is 5.84. The van der Waals surface area contributed by atoms with E-state index in [0.29, 0.717) is 6.42 Å². The molecule has 0 radical (unpaired) electrons. The first-order valence-electron chi connectivity index (χ1n) is 5.28. The summed E-state index contributed by atoms with van der Waals surface area (Å²) >= 11 is 0. The van der Waals surface area contributed by atoms with E-state index in [-0.39, 0.29) is 11.1 Å². The van der Waals surface area contributed by atoms with Crippen LogP contribution in [0.15, 0.2) is 11.1 Å². The van der Waals surface area contributed by atoms with Crippen LogP contribution in [-0.4, -0.2) is 45.9 Å². The average molecular weight is 245 g/mol. The maximum absolute atomic E-state index is 11.7. The third kappa shape index (κ3) is 3.83. The fraction of sp³-hybridized carbons (Fsp3) is 0.636. The summed E-state index contributed by atoms with van der Waals surface area (Å²) in [7, 11) is 0. The molecule has 0 saturated carbocycles. The Morgan fingerprint density at radius 2 is 1.59 bits per heavy atom. The van der Waals surface area contributed by atoms with Crippen LogP contribution in [0.4, 0.5) is 0 Å². The molecule has 0 atom stereocenters. The molecule has 6 heteroatoms. The lowest BCUT2D eigenvalue weighted by molar-refractivity contribution is -0.133. The van der Waals surface area contributed by atoms with Gasteiger partial charge in [0.2, 0.25) is 5.91 Å². The lowest BCUT2D eigenvalue weighted by Gasteiger charge is -2.29. The number of amides is 1. The largest absolute Gasteiger partial charge is 0.478 e. The number of hydrogen-bond donors (Lipinski definition) is 4. The van der Waals surface area contributed by atoms with Crippen LogP contribution in [0.3, 0.4) is 0 Å². The number of aliphatic hydroxyl groups excluding tert-OH is 2. The van der Waals surface area contributed by atoms with Crippen molar-refractivity contribution in [2.24, 2.45) is 0 Å². The minimum atomic E-state index is -1.17. The zero-order chi connectivity index (χ0) is 13.6. The second-order valence-electron chi connectivity index (χ2n) is 3.96. The van der Waals surface area contributed by atoms with Crippen molar-refractivity contribution in [2.75, 3.05) is 13.2 Å². The molecular formula is C11H19NO5. The van der Waals surface area contributed by atoms with Crippen molar-refractivity contribution in [1.29, 1.82) is 0 Å². The first-order valence-corrected chi connectivity index (χ1v) is 5.28. The number of rotatable bonds is 6. The van der Waals surface area contributed by atoms with Gasteiger partial charge < -0.3 is 20.6 Å². The highest BCUT2D eigenvalue weighted by molar-refractivity contribution is 6.01. The molecule has 0 aliphatic carbocycles. The summed E-state index contributed by atoms with van der Waals surface area (Å²) in [6.07, 6.45) is 0.338. The summed E-state index contributed by atoms with van der Waals surface area (Å²) in [6.45, 7) is 3.59. The maximum Gasteiger partial charge on any atom is 0.331 e. The number of carboxylic acids is 1. The van der Waals surface area contributed by atoms with Crippen molar-refractivity contribution < 1.29 is 24.9 Å². The minimum absolute atomic E-state index is 0.0530. The minimum Gasteiger partial charge on any atom is -0.478 e. The molecule has 0 aromatic heterocycles. The van der Waals surface area contributed by atoms with Gasteiger partial charge in [-0.1, -0.05) is 6.92 Å². The summed E-state index contributed by atoms with van der Waals surface area (Å²) in [5.41, 5.74) is -1.13. The zero-order valence-electron chi connectivity index (χ0n) is 10.3. The Hall–Kier alpha value is -1.40. The Balaban J connectivity index is 4.98. The van der Waals surface area contributed by atoms with Crippen LogP contribution in [-0.2, 0) is 9.59 Å². The molecule has 0 fully saturated rings. The fourth-order valence-corrected chi connectivity index (χ4v) is 1.11. The van der Waals surface area contributed by atoms with Crippen molar-refractivity contribution in [1.82, 2.24) is 5.32 Å². The summed E-state index contributed by atoms with van der Waals surface area (Å²) in [5, 5.41) is 29.5. The summed E-state index contributed by atoms with van der Waals surface area (Å²) in [6, 6.07) is 0. The first kappa shape index (κ1) is 15.6. The van der Waals surface area contributed by atoms with Gasteiger partial charge in [0.05, 0.1) is 18.8 Å². The first-order chi connectivity index (χ1) is 7.83. The number of carbonyl (C=O) groups is 2. The van der Waals surface area contributed by atoms with Crippen LogP contribution in [0.5, 0.6) is 0 Å². The van der Waals surface area contributed by atoms with Crippen LogP contribution in [0.2, 0.25) is 0 Å². The summed E-state index contributed by atoms with van der Waals surface area (Å²) in [4.78, 5) is 22.4. The number of nitrogens with one attached hydrogen (secondary N) is 1. The standard InChI is InChI=1S/C11H19NO5/c1-4-11(5-13,6-14)12-9(15)7(2)8(3)10(16)17/h13-14H,4-6H2,1-3H3,(H,12,15)(H,16,17)/b8-7-. The van der Waals surface area contributed by atoms with Crippen LogP contribution in [0.25, 0.3) is 0 Å². The smallest absolute Gasteiger partial charge is 0.331 e. The molecular weight excluding hydrogens is 226 g/mol. The van der Waals surface area contributed by atoms with E-state index in [1.54, 1.807) is 6.92 Å². The maximum atomic E-state index is 11.7. The lowest BCUT2D eigenvalue weighted by atomic mass is 9.97. The molecule has 0 heterocycles. The molecule has 0 rings (SSSR count). The number of hydrogen-bond acceptors (Lipinski definition) is 4. The Labute approximate surface area is 100.0 Å². The topological polar surface area (TPSA) is 107 Å². The summed E-state index contributed by atoms with van der Waals surface area (Å²) < 4.78 is 0. The van der Waals surface area contributed by atoms with E-state index in [1.165, 1.54) is 13.8 Å². The van der Waals surface area contributed by atoms with Crippen LogP contribution < -0.4 is 5.32 Å². The highest BCUT2D eigenvalue weighted by atomic mass is 16.4. The van der Waals surface area contributed by atoms with Crippen molar-refractivity contribution in [3.63, 3.8) is 0 Å². The van der Waals surface area contributed by atoms with Gasteiger partial charge in [0.1, 0.15) is 0 Å². The number of aliphatic carboxylic acids is 1. The number of carboxylic acid groups (broad SMARTS) is 1. The van der Waals surface area contributed by atoms with Crippen molar-refractivity contribution in [3.8, 4) is 0 Å². The normalized spacial score (nSPS) is 13.0. The second-order valence-corrected chi connectivity index (χ2v) is 3.96. The van der Waals surface area contributed by atoms with Crippen LogP contribution in [0, 0.1) is 0 Å². The third-order valence-corrected chi connectivity index (χ3v) is 2.88. The van der Waals surface area contributed by atoms with Crippen LogP contribution in [0.1, 0.15) is 27.2 Å². The van der Waals surface area contributed by atoms with E-state index < -0.39 is 30.6 Å². The third-order valence-electron chi connectivity index (χ3n) is 2.88. The Morgan fingerprint density at radius 1 is 1.12 bits per heavy atom. The van der Waals surface area contributed by atoms with Gasteiger partial charge in [-0.3, -0.25) is 4.79 Å². The Morgan fingerprint density at radius 3 is 1.88 bits per heavy atom. The van der Waals surface area contributed by atoms with Crippen molar-refractivity contribution in [3.05, 3.63) is 11.1 Å². The molecule has 0 saturated heterocycles. The molecule has 6 nitrogen and oxygen atoms in total. The number of carbonyl (C=O) groups excluding carboxylic acids is 1. The van der Waals surface area contributed by atoms with Gasteiger partial charge in [0.25, 0.3) is 0 Å². The molecule has 0 aliphatic heterocycles. The van der Waals surface area contributed by atoms with Crippen molar-refractivity contribution in [2.45, 2.75) is 32.7 Å². The number of aliphatic hydroxyl groups is 2. The molecule has 0 aromatic rings. The zero-order valence-corrected chi connectivity index (χ0v) is 10.3. The molecule has 17 heavy (non-hydrogen) atoms. The molecule has 0 spiro atoms. The van der Waals surface area contributed by atoms with Gasteiger partial charge in [0, 0.05) is 11.1 Å². The predicted octanol–water partition coefficient (Wildman–Crippen LogP) is -0.343. The van der Waals surface area contributed by atoms with Crippen molar-refractivity contribution >= 4 is 11.9 Å². The predicted molar refractivity (Wildman–Crippen MR) is 61.3 cm³/mol. The van der Waals surface area contributed by atoms with Crippen LogP contribution >= 0.6 is 0 Å². The second kappa shape index (κ2) is 6.36. The molecule has 0 aliphatic rings. The highest BCUT2D eigenvalue weighted by Gasteiger charge is 2.29. The molecule has 1 amide bonds. The average Bonchev–Trinajstić information content (AvgIpc) is 2.33. The van der Waals surface area contributed by atoms with Gasteiger partial charge in [-0.15, -0.1) is 0 Å². The monoisotopic (exact) mass is 245 g/mol. The van der Waals surface area contributed by atoms with E-state index in [4.69, 9.17) is 15.3 Å². The molecule has 0 unspecified atom stereocenters. The van der Waals surface area contributed by atoms with E-state index in [2.05, 4.69) is 5.32 Å². The van der Waals surface area contributed by atoms with E-state index in [1.807, 2.05) is 0 Å². The lowest BCUT2D eigenvalue weighted by Crippen LogP contribution is -2.54. The van der Waals surface area contributed by atoms with Gasteiger partial charge >= 0.3 is 5.97 Å². The van der Waals surface area contributed by atoms with Gasteiger partial charge in [-0.2, -0.15) is 0 Å². The molecule has 98 valence electrons. The fourth-order valence-electron chi connectivity index (χ4n) is 1.11.